The summed E-state index contributed by atoms with van der Waals surface area (Å²) >= 11 is 6.03. The molecule has 0 bridgehead atoms. The molecule has 8 N–H and O–H groups in total. The average Bonchev–Trinajstić information content (AvgIpc) is 3.47. The molecule has 4 atom stereocenters. The SMILES string of the molecule is C[C@H](NC(=O)CCOCCOCCN1C(=O)C=CC1=O)C(=O)N[C@@H](C)C(=O)N[C@H](CC(N)=O)C(=O)N[C@@H](Cc1cc(I)c(Oc2ccc(O)c(I)c2)c(I)c1)C(=O)O. The second-order valence-electron chi connectivity index (χ2n) is 12.6. The molecule has 7 amide bonds. The molecule has 1 heterocycles. The van der Waals surface area contributed by atoms with Crippen LogP contribution in [0, 0.1) is 10.7 Å². The maximum Gasteiger partial charge on any atom is 0.326 e. The van der Waals surface area contributed by atoms with E-state index in [0.717, 1.165) is 4.90 Å². The van der Waals surface area contributed by atoms with Gasteiger partial charge in [0.05, 0.1) is 50.1 Å². The fourth-order valence-electron chi connectivity index (χ4n) is 4.99. The molecule has 2 aromatic rings. The van der Waals surface area contributed by atoms with Crippen molar-refractivity contribution >= 4 is 115 Å². The highest BCUT2D eigenvalue weighted by Gasteiger charge is 2.31. The van der Waals surface area contributed by atoms with Crippen LogP contribution >= 0.6 is 67.8 Å². The minimum absolute atomic E-state index is 0.00287. The standard InChI is InChI=1S/C36H41I3N6O13/c1-18(41-29(48)7-9-56-11-12-57-10-8-45-30(49)5-6-31(45)50)33(51)42-19(2)34(52)43-25(17-28(40)47)35(53)44-26(36(54)55)15-20-13-23(38)32(24(39)14-20)58-21-3-4-27(46)22(37)16-21/h3-6,13-14,16,18-19,25-26,46H,7-12,15,17H2,1-2H3,(H2,40,47)(H,41,48)(H,42,51)(H,43,52)(H,44,53)(H,54,55)/t18-,19-,25+,26-/m0/s1. The number of rotatable bonds is 23. The first-order valence-electron chi connectivity index (χ1n) is 17.4. The predicted octanol–water partition coefficient (Wildman–Crippen LogP) is 0.828. The number of carboxylic acid groups (broad SMARTS) is 1. The first-order chi connectivity index (χ1) is 27.4. The van der Waals surface area contributed by atoms with E-state index >= 15 is 0 Å². The van der Waals surface area contributed by atoms with Crippen LogP contribution < -0.4 is 31.7 Å². The van der Waals surface area contributed by atoms with Gasteiger partial charge in [-0.1, -0.05) is 0 Å². The van der Waals surface area contributed by atoms with Crippen LogP contribution in [0.25, 0.3) is 0 Å². The first-order valence-corrected chi connectivity index (χ1v) is 20.6. The van der Waals surface area contributed by atoms with Crippen molar-refractivity contribution < 1.29 is 62.8 Å². The summed E-state index contributed by atoms with van der Waals surface area (Å²) in [4.78, 5) is 99.5. The Hall–Kier alpha value is -4.15. The van der Waals surface area contributed by atoms with Gasteiger partial charge in [0.25, 0.3) is 11.8 Å². The van der Waals surface area contributed by atoms with E-state index < -0.39 is 77.9 Å². The van der Waals surface area contributed by atoms with E-state index in [1.54, 1.807) is 24.3 Å². The fourth-order valence-corrected chi connectivity index (χ4v) is 7.59. The van der Waals surface area contributed by atoms with Gasteiger partial charge >= 0.3 is 5.97 Å². The third kappa shape index (κ3) is 15.6. The summed E-state index contributed by atoms with van der Waals surface area (Å²) in [5.74, 6) is -5.26. The number of hydrogen-bond donors (Lipinski definition) is 7. The van der Waals surface area contributed by atoms with Gasteiger partial charge in [0.2, 0.25) is 29.5 Å². The summed E-state index contributed by atoms with van der Waals surface area (Å²) < 4.78 is 18.5. The molecule has 0 aromatic heterocycles. The molecule has 1 aliphatic rings. The average molecular weight is 1150 g/mol. The number of phenolic OH excluding ortho intramolecular Hbond substituents is 1. The number of amides is 7. The van der Waals surface area contributed by atoms with Crippen LogP contribution in [0.2, 0.25) is 0 Å². The normalized spacial score (nSPS) is 14.3. The number of halogens is 3. The van der Waals surface area contributed by atoms with Gasteiger partial charge in [-0.2, -0.15) is 0 Å². The second-order valence-corrected chi connectivity index (χ2v) is 16.1. The highest BCUT2D eigenvalue weighted by atomic mass is 127. The number of nitrogens with one attached hydrogen (secondary N) is 4. The van der Waals surface area contributed by atoms with Crippen LogP contribution in [0.1, 0.15) is 32.3 Å². The van der Waals surface area contributed by atoms with Crippen LogP contribution in [-0.4, -0.2) is 120 Å². The minimum Gasteiger partial charge on any atom is -0.507 e. The molecule has 58 heavy (non-hydrogen) atoms. The smallest absolute Gasteiger partial charge is 0.326 e. The Morgan fingerprint density at radius 2 is 1.33 bits per heavy atom. The molecular weight excluding hydrogens is 1110 g/mol. The summed E-state index contributed by atoms with van der Waals surface area (Å²) in [5, 5.41) is 29.3. The van der Waals surface area contributed by atoms with Crippen molar-refractivity contribution in [3.05, 3.63) is 58.8 Å². The number of ether oxygens (including phenoxy) is 3. The van der Waals surface area contributed by atoms with Crippen molar-refractivity contribution in [3.8, 4) is 17.2 Å². The van der Waals surface area contributed by atoms with Gasteiger partial charge in [-0.15, -0.1) is 0 Å². The number of imide groups is 1. The van der Waals surface area contributed by atoms with E-state index in [0.29, 0.717) is 27.8 Å². The lowest BCUT2D eigenvalue weighted by Crippen LogP contribution is -2.57. The number of aromatic hydroxyl groups is 1. The Morgan fingerprint density at radius 1 is 0.759 bits per heavy atom. The van der Waals surface area contributed by atoms with Crippen molar-refractivity contribution in [1.29, 1.82) is 0 Å². The molecule has 1 aliphatic heterocycles. The maximum absolute atomic E-state index is 13.3. The van der Waals surface area contributed by atoms with E-state index in [1.807, 2.05) is 67.8 Å². The van der Waals surface area contributed by atoms with Crippen molar-refractivity contribution in [2.75, 3.05) is 33.0 Å². The Balaban J connectivity index is 1.46. The molecule has 0 radical (unpaired) electrons. The number of hydrogen-bond acceptors (Lipinski definition) is 12. The lowest BCUT2D eigenvalue weighted by Gasteiger charge is -2.23. The molecule has 22 heteroatoms. The van der Waals surface area contributed by atoms with Crippen molar-refractivity contribution in [2.24, 2.45) is 5.73 Å². The lowest BCUT2D eigenvalue weighted by atomic mass is 10.0. The van der Waals surface area contributed by atoms with Crippen LogP contribution in [0.3, 0.4) is 0 Å². The Kier molecular flexibility index (Phi) is 19.5. The number of carboxylic acids is 1. The number of phenols is 1. The Morgan fingerprint density at radius 3 is 1.91 bits per heavy atom. The molecule has 0 aliphatic carbocycles. The third-order valence-corrected chi connectivity index (χ3v) is 10.5. The van der Waals surface area contributed by atoms with Crippen LogP contribution in [0.5, 0.6) is 17.2 Å². The number of carbonyl (C=O) groups is 8. The summed E-state index contributed by atoms with van der Waals surface area (Å²) in [6.07, 6.45) is 1.40. The van der Waals surface area contributed by atoms with E-state index in [4.69, 9.17) is 19.9 Å². The largest absolute Gasteiger partial charge is 0.507 e. The molecule has 0 spiro atoms. The monoisotopic (exact) mass is 1150 g/mol. The van der Waals surface area contributed by atoms with Gasteiger partial charge in [-0.05, 0) is 118 Å². The summed E-state index contributed by atoms with van der Waals surface area (Å²) in [5.41, 5.74) is 5.85. The molecule has 19 nitrogen and oxygen atoms in total. The van der Waals surface area contributed by atoms with Gasteiger partial charge in [0.1, 0.15) is 35.7 Å². The fraction of sp³-hybridized carbons (Fsp3) is 0.389. The highest BCUT2D eigenvalue weighted by Crippen LogP contribution is 2.35. The van der Waals surface area contributed by atoms with Gasteiger partial charge in [-0.25, -0.2) is 4.79 Å². The highest BCUT2D eigenvalue weighted by molar-refractivity contribution is 14.1. The van der Waals surface area contributed by atoms with Gasteiger partial charge in [0, 0.05) is 25.0 Å². The number of aliphatic carboxylic acids is 1. The lowest BCUT2D eigenvalue weighted by molar-refractivity contribution is -0.142. The molecular formula is C36H41I3N6O13. The van der Waals surface area contributed by atoms with Crippen LogP contribution in [0.4, 0.5) is 0 Å². The number of nitrogens with zero attached hydrogens (tertiary/aromatic N) is 1. The van der Waals surface area contributed by atoms with E-state index in [1.165, 1.54) is 32.1 Å². The zero-order valence-corrected chi connectivity index (χ0v) is 37.5. The number of nitrogens with two attached hydrogens (primary N) is 1. The predicted molar refractivity (Wildman–Crippen MR) is 229 cm³/mol. The number of primary amides is 1. The van der Waals surface area contributed by atoms with E-state index in [2.05, 4.69) is 21.3 Å². The van der Waals surface area contributed by atoms with Crippen LogP contribution in [-0.2, 0) is 54.3 Å². The van der Waals surface area contributed by atoms with Gasteiger partial charge in [-0.3, -0.25) is 38.5 Å². The minimum atomic E-state index is -1.59. The first kappa shape index (κ1) is 48.2. The molecule has 0 fully saturated rings. The van der Waals surface area contributed by atoms with Crippen LogP contribution in [0.15, 0.2) is 42.5 Å². The third-order valence-electron chi connectivity index (χ3n) is 8.02. The number of benzene rings is 2. The van der Waals surface area contributed by atoms with Gasteiger partial charge in [0.15, 0.2) is 5.75 Å². The molecule has 0 saturated carbocycles. The second kappa shape index (κ2) is 23.4. The molecule has 314 valence electrons. The molecule has 2 aromatic carbocycles. The van der Waals surface area contributed by atoms with Crippen molar-refractivity contribution in [1.82, 2.24) is 26.2 Å². The Bertz CT molecular complexity index is 1890. The summed E-state index contributed by atoms with van der Waals surface area (Å²) in [6.45, 7) is 3.19. The molecule has 3 rings (SSSR count). The summed E-state index contributed by atoms with van der Waals surface area (Å²) in [7, 11) is 0. The zero-order chi connectivity index (χ0) is 43.1. The quantitative estimate of drug-likeness (QED) is 0.0462. The zero-order valence-electron chi connectivity index (χ0n) is 31.1. The van der Waals surface area contributed by atoms with E-state index in [-0.39, 0.29) is 51.6 Å². The summed E-state index contributed by atoms with van der Waals surface area (Å²) in [6, 6.07) is 2.69. The molecule has 0 unspecified atom stereocenters. The van der Waals surface area contributed by atoms with Gasteiger partial charge < -0.3 is 51.4 Å². The Labute approximate surface area is 373 Å². The molecule has 0 saturated heterocycles. The van der Waals surface area contributed by atoms with Crippen molar-refractivity contribution in [3.63, 3.8) is 0 Å². The van der Waals surface area contributed by atoms with Crippen molar-refractivity contribution in [2.45, 2.75) is 57.3 Å². The topological polar surface area (TPSA) is 282 Å². The number of carbonyl (C=O) groups excluding carboxylic acids is 7. The van der Waals surface area contributed by atoms with E-state index in [9.17, 15) is 48.6 Å². The maximum atomic E-state index is 13.3.